The fraction of sp³-hybridized carbons (Fsp3) is 0.480. The maximum atomic E-state index is 13.4. The van der Waals surface area contributed by atoms with Crippen molar-refractivity contribution in [3.63, 3.8) is 0 Å². The first kappa shape index (κ1) is 24.6. The van der Waals surface area contributed by atoms with Crippen LogP contribution in [-0.2, 0) is 14.8 Å². The molecule has 0 saturated heterocycles. The van der Waals surface area contributed by atoms with E-state index in [0.717, 1.165) is 28.6 Å². The second kappa shape index (κ2) is 11.8. The van der Waals surface area contributed by atoms with Gasteiger partial charge in [-0.3, -0.25) is 9.10 Å². The number of anilines is 1. The highest BCUT2D eigenvalue weighted by atomic mass is 32.2. The number of amides is 1. The Hall–Kier alpha value is -1.99. The molecule has 0 radical (unpaired) electrons. The second-order valence-corrected chi connectivity index (χ2v) is 11.6. The molecular weight excluding hydrogens is 440 g/mol. The summed E-state index contributed by atoms with van der Waals surface area (Å²) in [5, 5.41) is 3.68. The molecule has 1 aliphatic carbocycles. The molecule has 1 amide bonds. The Bertz CT molecular complexity index is 988. The van der Waals surface area contributed by atoms with Gasteiger partial charge in [-0.15, -0.1) is 0 Å². The average Bonchev–Trinajstić information content (AvgIpc) is 2.80. The second-order valence-electron chi connectivity index (χ2n) is 8.38. The number of hydrogen-bond acceptors (Lipinski definition) is 4. The molecule has 1 fully saturated rings. The zero-order chi connectivity index (χ0) is 23.0. The number of aryl methyl sites for hydroxylation is 1. The van der Waals surface area contributed by atoms with Crippen molar-refractivity contribution in [2.45, 2.75) is 62.5 Å². The van der Waals surface area contributed by atoms with E-state index in [2.05, 4.69) is 5.32 Å². The minimum atomic E-state index is -3.87. The summed E-state index contributed by atoms with van der Waals surface area (Å²) in [4.78, 5) is 12.9. The van der Waals surface area contributed by atoms with Gasteiger partial charge in [-0.2, -0.15) is 11.8 Å². The molecule has 0 aromatic heterocycles. The molecule has 1 aliphatic rings. The molecule has 3 rings (SSSR count). The molecule has 5 nitrogen and oxygen atoms in total. The van der Waals surface area contributed by atoms with E-state index in [9.17, 15) is 13.2 Å². The van der Waals surface area contributed by atoms with E-state index in [-0.39, 0.29) is 17.3 Å². The Labute approximate surface area is 197 Å². The molecule has 174 valence electrons. The summed E-state index contributed by atoms with van der Waals surface area (Å²) >= 11 is 2.01. The van der Waals surface area contributed by atoms with Gasteiger partial charge in [0.2, 0.25) is 5.91 Å². The number of carbonyl (C=O) groups is 1. The van der Waals surface area contributed by atoms with Crippen molar-refractivity contribution in [3.8, 4) is 0 Å². The van der Waals surface area contributed by atoms with Crippen LogP contribution in [0, 0.1) is 13.8 Å². The lowest BCUT2D eigenvalue weighted by molar-refractivity contribution is -0.119. The fourth-order valence-corrected chi connectivity index (χ4v) is 6.80. The van der Waals surface area contributed by atoms with Gasteiger partial charge in [0.1, 0.15) is 6.54 Å². The van der Waals surface area contributed by atoms with Crippen LogP contribution >= 0.6 is 11.8 Å². The monoisotopic (exact) mass is 474 g/mol. The molecule has 0 bridgehead atoms. The molecule has 0 aliphatic heterocycles. The van der Waals surface area contributed by atoms with Crippen molar-refractivity contribution < 1.29 is 13.2 Å². The largest absolute Gasteiger partial charge is 0.354 e. The number of sulfonamides is 1. The molecule has 1 N–H and O–H groups in total. The molecular formula is C25H34N2O3S2. The normalized spacial score (nSPS) is 14.8. The maximum Gasteiger partial charge on any atom is 0.264 e. The third-order valence-corrected chi connectivity index (χ3v) is 9.25. The number of benzene rings is 2. The van der Waals surface area contributed by atoms with E-state index in [0.29, 0.717) is 12.2 Å². The van der Waals surface area contributed by atoms with Crippen LogP contribution in [0.15, 0.2) is 53.4 Å². The average molecular weight is 475 g/mol. The number of hydrogen-bond donors (Lipinski definition) is 1. The summed E-state index contributed by atoms with van der Waals surface area (Å²) in [6.45, 7) is 4.15. The van der Waals surface area contributed by atoms with Crippen LogP contribution in [-0.4, -0.2) is 38.4 Å². The first-order valence-electron chi connectivity index (χ1n) is 11.4. The lowest BCUT2D eigenvalue weighted by Gasteiger charge is -2.26. The van der Waals surface area contributed by atoms with E-state index in [1.807, 2.05) is 37.7 Å². The van der Waals surface area contributed by atoms with Gasteiger partial charge < -0.3 is 5.32 Å². The van der Waals surface area contributed by atoms with Gasteiger partial charge in [-0.1, -0.05) is 49.6 Å². The summed E-state index contributed by atoms with van der Waals surface area (Å²) in [6, 6.07) is 13.8. The lowest BCUT2D eigenvalue weighted by Crippen LogP contribution is -2.41. The minimum Gasteiger partial charge on any atom is -0.354 e. The van der Waals surface area contributed by atoms with Crippen molar-refractivity contribution in [2.75, 3.05) is 23.1 Å². The van der Waals surface area contributed by atoms with Crippen molar-refractivity contribution in [1.82, 2.24) is 5.32 Å². The highest BCUT2D eigenvalue weighted by Crippen LogP contribution is 2.29. The Morgan fingerprint density at radius 3 is 2.47 bits per heavy atom. The summed E-state index contributed by atoms with van der Waals surface area (Å²) in [5.41, 5.74) is 2.37. The van der Waals surface area contributed by atoms with E-state index >= 15 is 0 Å². The summed E-state index contributed by atoms with van der Waals surface area (Å²) < 4.78 is 28.1. The standard InChI is InChI=1S/C25H34N2O3S2/c1-20-11-9-16-24(21(20)2)27(32(29,30)23-14-7-4-8-15-23)19-25(28)26-17-10-18-31-22-12-5-3-6-13-22/h4,7-9,11,14-16,22H,3,5-6,10,12-13,17-19H2,1-2H3,(H,26,28). The molecule has 0 heterocycles. The fourth-order valence-electron chi connectivity index (χ4n) is 3.99. The Kier molecular flexibility index (Phi) is 9.05. The summed E-state index contributed by atoms with van der Waals surface area (Å²) in [7, 11) is -3.87. The molecule has 7 heteroatoms. The van der Waals surface area contributed by atoms with Gasteiger partial charge in [0, 0.05) is 11.8 Å². The molecule has 32 heavy (non-hydrogen) atoms. The van der Waals surface area contributed by atoms with Gasteiger partial charge in [0.15, 0.2) is 0 Å². The van der Waals surface area contributed by atoms with Crippen LogP contribution < -0.4 is 9.62 Å². The zero-order valence-electron chi connectivity index (χ0n) is 19.0. The van der Waals surface area contributed by atoms with E-state index in [4.69, 9.17) is 0 Å². The highest BCUT2D eigenvalue weighted by molar-refractivity contribution is 7.99. The highest BCUT2D eigenvalue weighted by Gasteiger charge is 2.28. The number of thioether (sulfide) groups is 1. The third-order valence-electron chi connectivity index (χ3n) is 6.01. The third kappa shape index (κ3) is 6.51. The quantitative estimate of drug-likeness (QED) is 0.488. The van der Waals surface area contributed by atoms with Gasteiger partial charge in [0.05, 0.1) is 10.6 Å². The first-order valence-corrected chi connectivity index (χ1v) is 13.9. The Balaban J connectivity index is 1.65. The van der Waals surface area contributed by atoms with Crippen molar-refractivity contribution in [3.05, 3.63) is 59.7 Å². The predicted octanol–water partition coefficient (Wildman–Crippen LogP) is 5.07. The molecule has 0 unspecified atom stereocenters. The van der Waals surface area contributed by atoms with Crippen LogP contribution in [0.2, 0.25) is 0 Å². The zero-order valence-corrected chi connectivity index (χ0v) is 20.7. The summed E-state index contributed by atoms with van der Waals surface area (Å²) in [5.74, 6) is 0.738. The Morgan fingerprint density at radius 1 is 1.03 bits per heavy atom. The topological polar surface area (TPSA) is 66.5 Å². The minimum absolute atomic E-state index is 0.178. The van der Waals surface area contributed by atoms with Gasteiger partial charge >= 0.3 is 0 Å². The number of carbonyl (C=O) groups excluding carboxylic acids is 1. The van der Waals surface area contributed by atoms with Crippen LogP contribution in [0.5, 0.6) is 0 Å². The van der Waals surface area contributed by atoms with Crippen LogP contribution in [0.1, 0.15) is 49.7 Å². The summed E-state index contributed by atoms with van der Waals surface area (Å²) in [6.07, 6.45) is 7.52. The van der Waals surface area contributed by atoms with E-state index in [1.54, 1.807) is 36.4 Å². The van der Waals surface area contributed by atoms with Crippen LogP contribution in [0.25, 0.3) is 0 Å². The van der Waals surface area contributed by atoms with Crippen LogP contribution in [0.3, 0.4) is 0 Å². The van der Waals surface area contributed by atoms with Crippen molar-refractivity contribution in [1.29, 1.82) is 0 Å². The van der Waals surface area contributed by atoms with Gasteiger partial charge in [-0.05, 0) is 68.2 Å². The molecule has 1 saturated carbocycles. The smallest absolute Gasteiger partial charge is 0.264 e. The van der Waals surface area contributed by atoms with Crippen molar-refractivity contribution in [2.24, 2.45) is 0 Å². The van der Waals surface area contributed by atoms with E-state index < -0.39 is 10.0 Å². The maximum absolute atomic E-state index is 13.4. The number of nitrogens with zero attached hydrogens (tertiary/aromatic N) is 1. The lowest BCUT2D eigenvalue weighted by atomic mass is 10.0. The van der Waals surface area contributed by atoms with Crippen LogP contribution in [0.4, 0.5) is 5.69 Å². The SMILES string of the molecule is Cc1cccc(N(CC(=O)NCCCSC2CCCCC2)S(=O)(=O)c2ccccc2)c1C. The predicted molar refractivity (Wildman–Crippen MR) is 134 cm³/mol. The Morgan fingerprint density at radius 2 is 1.75 bits per heavy atom. The number of nitrogens with one attached hydrogen (secondary N) is 1. The molecule has 0 atom stereocenters. The van der Waals surface area contributed by atoms with Gasteiger partial charge in [-0.25, -0.2) is 8.42 Å². The molecule has 0 spiro atoms. The van der Waals surface area contributed by atoms with E-state index in [1.165, 1.54) is 36.4 Å². The number of rotatable bonds is 10. The van der Waals surface area contributed by atoms with Gasteiger partial charge in [0.25, 0.3) is 10.0 Å². The first-order chi connectivity index (χ1) is 15.4. The molecule has 2 aromatic rings. The van der Waals surface area contributed by atoms with Crippen molar-refractivity contribution >= 4 is 33.4 Å². The molecule has 2 aromatic carbocycles.